The Labute approximate surface area is 450 Å². The molecule has 0 radical (unpaired) electrons. The van der Waals surface area contributed by atoms with E-state index < -0.39 is 12.1 Å². The van der Waals surface area contributed by atoms with Crippen molar-refractivity contribution in [2.75, 3.05) is 13.2 Å². The number of carbonyl (C=O) groups excluding carboxylic acids is 2. The fourth-order valence-corrected chi connectivity index (χ4v) is 10.5. The lowest BCUT2D eigenvalue weighted by molar-refractivity contribution is -0.143. The second-order valence-electron chi connectivity index (χ2n) is 22.8. The molecular formula is C66H129NO5. The molecule has 0 aliphatic heterocycles. The number of ether oxygens (including phenoxy) is 1. The number of rotatable bonds is 62. The molecule has 0 saturated carbocycles. The zero-order chi connectivity index (χ0) is 52.2. The molecule has 0 saturated heterocycles. The summed E-state index contributed by atoms with van der Waals surface area (Å²) in [6.45, 7) is 4.95. The molecular weight excluding hydrogens is 887 g/mol. The number of unbranched alkanes of at least 4 members (excludes halogenated alkanes) is 49. The maximum Gasteiger partial charge on any atom is 0.305 e. The number of carbonyl (C=O) groups is 2. The molecule has 1 amide bonds. The maximum absolute atomic E-state index is 12.4. The Kier molecular flexibility index (Phi) is 60.9. The summed E-state index contributed by atoms with van der Waals surface area (Å²) in [4.78, 5) is 24.4. The van der Waals surface area contributed by atoms with Crippen LogP contribution >= 0.6 is 0 Å². The van der Waals surface area contributed by atoms with Crippen LogP contribution in [-0.2, 0) is 14.3 Å². The Hall–Kier alpha value is -1.40. The van der Waals surface area contributed by atoms with Gasteiger partial charge in [0.25, 0.3) is 0 Å². The number of nitrogens with one attached hydrogen (secondary N) is 1. The highest BCUT2D eigenvalue weighted by Crippen LogP contribution is 2.18. The van der Waals surface area contributed by atoms with E-state index in [1.807, 2.05) is 0 Å². The van der Waals surface area contributed by atoms with Crippen LogP contribution in [0.3, 0.4) is 0 Å². The molecule has 72 heavy (non-hydrogen) atoms. The quantitative estimate of drug-likeness (QED) is 0.0320. The Balaban J connectivity index is 3.30. The summed E-state index contributed by atoms with van der Waals surface area (Å²) in [5.41, 5.74) is 0. The van der Waals surface area contributed by atoms with Crippen LogP contribution in [0.4, 0.5) is 0 Å². The molecule has 0 spiro atoms. The average Bonchev–Trinajstić information content (AvgIpc) is 3.38. The van der Waals surface area contributed by atoms with E-state index in [9.17, 15) is 19.8 Å². The van der Waals surface area contributed by atoms with Gasteiger partial charge in [-0.1, -0.05) is 321 Å². The molecule has 2 atom stereocenters. The molecule has 0 aliphatic rings. The first-order chi connectivity index (χ1) is 35.5. The SMILES string of the molecule is CCCCCCCCCCCCCC(=O)OCCCCCCCCCCCCCCCC/C=C\CCCCCCCCCCCCCCCCCCCC(=O)NC(CO)C(O)CCCCCCCCCCC. The van der Waals surface area contributed by atoms with Gasteiger partial charge >= 0.3 is 5.97 Å². The Morgan fingerprint density at radius 1 is 0.375 bits per heavy atom. The molecule has 3 N–H and O–H groups in total. The molecule has 0 rings (SSSR count). The summed E-state index contributed by atoms with van der Waals surface area (Å²) in [5.74, 6) is -0.0117. The van der Waals surface area contributed by atoms with Crippen molar-refractivity contribution in [2.24, 2.45) is 0 Å². The minimum Gasteiger partial charge on any atom is -0.466 e. The van der Waals surface area contributed by atoms with E-state index in [0.29, 0.717) is 25.9 Å². The van der Waals surface area contributed by atoms with Gasteiger partial charge in [0, 0.05) is 12.8 Å². The highest BCUT2D eigenvalue weighted by Gasteiger charge is 2.20. The average molecular weight is 1020 g/mol. The van der Waals surface area contributed by atoms with Crippen molar-refractivity contribution in [3.8, 4) is 0 Å². The third-order valence-corrected chi connectivity index (χ3v) is 15.6. The molecule has 0 fully saturated rings. The highest BCUT2D eigenvalue weighted by atomic mass is 16.5. The van der Waals surface area contributed by atoms with Crippen molar-refractivity contribution in [3.63, 3.8) is 0 Å². The highest BCUT2D eigenvalue weighted by molar-refractivity contribution is 5.76. The van der Waals surface area contributed by atoms with Gasteiger partial charge in [-0.25, -0.2) is 0 Å². The van der Waals surface area contributed by atoms with Gasteiger partial charge in [-0.2, -0.15) is 0 Å². The number of allylic oxidation sites excluding steroid dienone is 2. The predicted octanol–water partition coefficient (Wildman–Crippen LogP) is 20.8. The first-order valence-electron chi connectivity index (χ1n) is 32.9. The number of aliphatic hydroxyl groups is 2. The third-order valence-electron chi connectivity index (χ3n) is 15.6. The van der Waals surface area contributed by atoms with Gasteiger partial charge in [-0.05, 0) is 51.4 Å². The Morgan fingerprint density at radius 3 is 0.986 bits per heavy atom. The van der Waals surface area contributed by atoms with E-state index in [4.69, 9.17) is 4.74 Å². The molecule has 428 valence electrons. The van der Waals surface area contributed by atoms with Gasteiger partial charge in [-0.3, -0.25) is 9.59 Å². The Bertz CT molecular complexity index is 1080. The summed E-state index contributed by atoms with van der Waals surface area (Å²) >= 11 is 0. The van der Waals surface area contributed by atoms with Crippen LogP contribution in [-0.4, -0.2) is 47.4 Å². The van der Waals surface area contributed by atoms with Crippen molar-refractivity contribution >= 4 is 11.9 Å². The zero-order valence-electron chi connectivity index (χ0n) is 48.9. The van der Waals surface area contributed by atoms with E-state index in [0.717, 1.165) is 38.5 Å². The van der Waals surface area contributed by atoms with Gasteiger partial charge in [0.1, 0.15) is 0 Å². The van der Waals surface area contributed by atoms with Gasteiger partial charge in [0.05, 0.1) is 25.4 Å². The monoisotopic (exact) mass is 1020 g/mol. The second kappa shape index (κ2) is 62.1. The molecule has 0 heterocycles. The summed E-state index contributed by atoms with van der Waals surface area (Å²) in [7, 11) is 0. The zero-order valence-corrected chi connectivity index (χ0v) is 48.9. The van der Waals surface area contributed by atoms with Gasteiger partial charge in [0.15, 0.2) is 0 Å². The van der Waals surface area contributed by atoms with Gasteiger partial charge < -0.3 is 20.3 Å². The molecule has 0 aromatic heterocycles. The summed E-state index contributed by atoms with van der Waals surface area (Å²) < 4.78 is 5.47. The maximum atomic E-state index is 12.4. The van der Waals surface area contributed by atoms with E-state index in [-0.39, 0.29) is 18.5 Å². The summed E-state index contributed by atoms with van der Waals surface area (Å²) in [6.07, 6.45) is 75.6. The molecule has 0 aromatic rings. The van der Waals surface area contributed by atoms with Crippen LogP contribution < -0.4 is 5.32 Å². The fourth-order valence-electron chi connectivity index (χ4n) is 10.5. The number of esters is 1. The second-order valence-corrected chi connectivity index (χ2v) is 22.8. The number of amides is 1. The number of hydrogen-bond acceptors (Lipinski definition) is 5. The summed E-state index contributed by atoms with van der Waals surface area (Å²) in [6, 6.07) is -0.535. The van der Waals surface area contributed by atoms with Crippen LogP contribution in [0.15, 0.2) is 12.2 Å². The van der Waals surface area contributed by atoms with Gasteiger partial charge in [0.2, 0.25) is 5.91 Å². The Morgan fingerprint density at radius 2 is 0.653 bits per heavy atom. The van der Waals surface area contributed by atoms with Crippen LogP contribution in [0.5, 0.6) is 0 Å². The largest absolute Gasteiger partial charge is 0.466 e. The molecule has 0 aromatic carbocycles. The molecule has 0 aliphatic carbocycles. The number of hydrogen-bond donors (Lipinski definition) is 3. The van der Waals surface area contributed by atoms with Crippen LogP contribution in [0.25, 0.3) is 0 Å². The lowest BCUT2D eigenvalue weighted by Gasteiger charge is -2.22. The number of aliphatic hydroxyl groups excluding tert-OH is 2. The fraction of sp³-hybridized carbons (Fsp3) is 0.939. The normalized spacial score (nSPS) is 12.6. The van der Waals surface area contributed by atoms with E-state index in [1.54, 1.807) is 0 Å². The van der Waals surface area contributed by atoms with E-state index >= 15 is 0 Å². The van der Waals surface area contributed by atoms with E-state index in [1.165, 1.54) is 302 Å². The minimum absolute atomic E-state index is 0.0203. The van der Waals surface area contributed by atoms with Crippen LogP contribution in [0.2, 0.25) is 0 Å². The molecule has 6 nitrogen and oxygen atoms in total. The standard InChI is InChI=1S/C66H129NO5/c1-3-5-7-9-11-13-39-44-48-52-56-60-66(71)72-61-57-53-49-45-41-38-36-34-32-30-28-26-24-22-20-18-16-14-15-17-19-21-23-25-27-29-31-33-35-37-40-43-47-51-55-59-65(70)67-63(62-68)64(69)58-54-50-46-42-12-10-8-6-4-2/h16,18,63-64,68-69H,3-15,17,19-62H2,1-2H3,(H,67,70)/b18-16-. The predicted molar refractivity (Wildman–Crippen MR) is 315 cm³/mol. The summed E-state index contributed by atoms with van der Waals surface area (Å²) in [5, 5.41) is 23.1. The van der Waals surface area contributed by atoms with Crippen molar-refractivity contribution in [2.45, 2.75) is 386 Å². The van der Waals surface area contributed by atoms with E-state index in [2.05, 4.69) is 31.3 Å². The van der Waals surface area contributed by atoms with Crippen molar-refractivity contribution in [1.29, 1.82) is 0 Å². The first kappa shape index (κ1) is 70.6. The molecule has 6 heteroatoms. The molecule has 0 bridgehead atoms. The van der Waals surface area contributed by atoms with Crippen molar-refractivity contribution in [3.05, 3.63) is 12.2 Å². The first-order valence-corrected chi connectivity index (χ1v) is 32.9. The minimum atomic E-state index is -0.658. The lowest BCUT2D eigenvalue weighted by atomic mass is 10.0. The van der Waals surface area contributed by atoms with Gasteiger partial charge in [-0.15, -0.1) is 0 Å². The smallest absolute Gasteiger partial charge is 0.305 e. The van der Waals surface area contributed by atoms with Crippen molar-refractivity contribution in [1.82, 2.24) is 5.32 Å². The van der Waals surface area contributed by atoms with Crippen molar-refractivity contribution < 1.29 is 24.5 Å². The lowest BCUT2D eigenvalue weighted by Crippen LogP contribution is -2.45. The molecule has 2 unspecified atom stereocenters. The van der Waals surface area contributed by atoms with Crippen LogP contribution in [0, 0.1) is 0 Å². The topological polar surface area (TPSA) is 95.9 Å². The van der Waals surface area contributed by atoms with Crippen LogP contribution in [0.1, 0.15) is 373 Å². The third kappa shape index (κ3) is 57.9.